The summed E-state index contributed by atoms with van der Waals surface area (Å²) >= 11 is 0. The highest BCUT2D eigenvalue weighted by atomic mass is 14.9. The highest BCUT2D eigenvalue weighted by Crippen LogP contribution is 2.44. The third-order valence-electron chi connectivity index (χ3n) is 11.2. The number of fused-ring (bicyclic) bond motifs is 4. The molecular weight excluding hydrogens is 705 g/mol. The van der Waals surface area contributed by atoms with E-state index in [4.69, 9.17) is 19.9 Å². The van der Waals surface area contributed by atoms with Crippen molar-refractivity contribution >= 4 is 43.4 Å². The lowest BCUT2D eigenvalue weighted by Gasteiger charge is -2.18. The molecule has 0 fully saturated rings. The summed E-state index contributed by atoms with van der Waals surface area (Å²) in [5.41, 5.74) is 13.5. The van der Waals surface area contributed by atoms with Crippen molar-refractivity contribution in [3.05, 3.63) is 207 Å². The molecule has 11 aromatic rings. The van der Waals surface area contributed by atoms with E-state index < -0.39 is 0 Å². The van der Waals surface area contributed by atoms with Crippen LogP contribution in [-0.4, -0.2) is 19.9 Å². The van der Waals surface area contributed by atoms with Crippen LogP contribution in [0.3, 0.4) is 0 Å². The lowest BCUT2D eigenvalue weighted by Crippen LogP contribution is -1.98. The molecule has 0 N–H and O–H groups in total. The van der Waals surface area contributed by atoms with Crippen molar-refractivity contribution in [3.63, 3.8) is 0 Å². The average molecular weight is 739 g/mol. The van der Waals surface area contributed by atoms with Crippen LogP contribution in [0.1, 0.15) is 0 Å². The maximum absolute atomic E-state index is 5.42. The smallest absolute Gasteiger partial charge is 0.160 e. The molecule has 0 unspecified atom stereocenters. The van der Waals surface area contributed by atoms with E-state index in [1.807, 2.05) is 24.5 Å². The van der Waals surface area contributed by atoms with Crippen LogP contribution in [-0.2, 0) is 0 Å². The second-order valence-electron chi connectivity index (χ2n) is 14.6. The molecule has 270 valence electrons. The lowest BCUT2D eigenvalue weighted by atomic mass is 9.87. The van der Waals surface area contributed by atoms with Gasteiger partial charge in [0, 0.05) is 51.0 Å². The molecule has 8 aromatic carbocycles. The molecule has 0 aliphatic heterocycles. The Labute approximate surface area is 335 Å². The van der Waals surface area contributed by atoms with E-state index in [-0.39, 0.29) is 0 Å². The van der Waals surface area contributed by atoms with Crippen molar-refractivity contribution in [2.24, 2.45) is 0 Å². The predicted molar refractivity (Wildman–Crippen MR) is 240 cm³/mol. The third kappa shape index (κ3) is 5.78. The summed E-state index contributed by atoms with van der Waals surface area (Å²) < 4.78 is 0. The summed E-state index contributed by atoms with van der Waals surface area (Å²) in [5, 5.41) is 6.90. The minimum absolute atomic E-state index is 0.665. The highest BCUT2D eigenvalue weighted by molar-refractivity contribution is 6.21. The summed E-state index contributed by atoms with van der Waals surface area (Å²) in [6, 6.07) is 68.4. The van der Waals surface area contributed by atoms with Gasteiger partial charge in [-0.3, -0.25) is 9.97 Å². The largest absolute Gasteiger partial charge is 0.256 e. The monoisotopic (exact) mass is 738 g/mol. The van der Waals surface area contributed by atoms with Crippen molar-refractivity contribution in [2.75, 3.05) is 0 Å². The Morgan fingerprint density at radius 1 is 0.293 bits per heavy atom. The Hall–Kier alpha value is -7.82. The van der Waals surface area contributed by atoms with E-state index in [1.54, 1.807) is 0 Å². The Bertz CT molecular complexity index is 3110. The maximum atomic E-state index is 5.42. The van der Waals surface area contributed by atoms with Crippen molar-refractivity contribution in [2.45, 2.75) is 0 Å². The Kier molecular flexibility index (Phi) is 8.11. The van der Waals surface area contributed by atoms with Crippen LogP contribution in [0, 0.1) is 0 Å². The molecule has 0 aliphatic rings. The number of hydrogen-bond acceptors (Lipinski definition) is 4. The summed E-state index contributed by atoms with van der Waals surface area (Å²) in [4.78, 5) is 20.2. The van der Waals surface area contributed by atoms with E-state index in [9.17, 15) is 0 Å². The number of aromatic nitrogens is 4. The van der Waals surface area contributed by atoms with Crippen LogP contribution < -0.4 is 0 Å². The topological polar surface area (TPSA) is 51.6 Å². The van der Waals surface area contributed by atoms with Gasteiger partial charge >= 0.3 is 0 Å². The zero-order chi connectivity index (χ0) is 38.4. The molecule has 0 saturated heterocycles. The summed E-state index contributed by atoms with van der Waals surface area (Å²) in [6.07, 6.45) is 3.71. The number of pyridine rings is 2. The quantitative estimate of drug-likeness (QED) is 0.159. The highest BCUT2D eigenvalue weighted by Gasteiger charge is 2.20. The van der Waals surface area contributed by atoms with E-state index >= 15 is 0 Å². The molecule has 0 aliphatic carbocycles. The van der Waals surface area contributed by atoms with Crippen LogP contribution in [0.25, 0.3) is 111 Å². The van der Waals surface area contributed by atoms with E-state index in [2.05, 4.69) is 182 Å². The maximum Gasteiger partial charge on any atom is 0.160 e. The Morgan fingerprint density at radius 2 is 0.741 bits per heavy atom. The molecule has 0 bridgehead atoms. The van der Waals surface area contributed by atoms with Crippen LogP contribution in [0.4, 0.5) is 0 Å². The second kappa shape index (κ2) is 14.0. The fourth-order valence-corrected chi connectivity index (χ4v) is 8.47. The van der Waals surface area contributed by atoms with Crippen LogP contribution in [0.5, 0.6) is 0 Å². The summed E-state index contributed by atoms with van der Waals surface area (Å²) in [6.45, 7) is 0. The zero-order valence-corrected chi connectivity index (χ0v) is 31.4. The molecule has 58 heavy (non-hydrogen) atoms. The van der Waals surface area contributed by atoms with Gasteiger partial charge in [0.05, 0.1) is 22.4 Å². The molecule has 3 heterocycles. The normalized spacial score (nSPS) is 11.4. The molecule has 3 aromatic heterocycles. The first-order valence-corrected chi connectivity index (χ1v) is 19.5. The molecule has 0 atom stereocenters. The van der Waals surface area contributed by atoms with Gasteiger partial charge in [-0.1, -0.05) is 176 Å². The van der Waals surface area contributed by atoms with Gasteiger partial charge in [-0.15, -0.1) is 0 Å². The van der Waals surface area contributed by atoms with Gasteiger partial charge < -0.3 is 0 Å². The van der Waals surface area contributed by atoms with Crippen LogP contribution in [0.2, 0.25) is 0 Å². The zero-order valence-electron chi connectivity index (χ0n) is 31.4. The Balaban J connectivity index is 1.11. The Morgan fingerprint density at radius 3 is 1.29 bits per heavy atom. The second-order valence-corrected chi connectivity index (χ2v) is 14.6. The first-order valence-electron chi connectivity index (χ1n) is 19.5. The van der Waals surface area contributed by atoms with Crippen LogP contribution >= 0.6 is 0 Å². The fraction of sp³-hybridized carbons (Fsp3) is 0. The molecule has 0 amide bonds. The average Bonchev–Trinajstić information content (AvgIpc) is 3.30. The number of para-hydroxylation sites is 2. The lowest BCUT2D eigenvalue weighted by molar-refractivity contribution is 1.19. The number of rotatable bonds is 6. The van der Waals surface area contributed by atoms with Gasteiger partial charge in [0.25, 0.3) is 0 Å². The van der Waals surface area contributed by atoms with E-state index in [0.717, 1.165) is 82.9 Å². The number of hydrogen-bond donors (Lipinski definition) is 0. The minimum Gasteiger partial charge on any atom is -0.256 e. The van der Waals surface area contributed by atoms with Crippen molar-refractivity contribution in [1.29, 1.82) is 0 Å². The van der Waals surface area contributed by atoms with Gasteiger partial charge in [-0.05, 0) is 62.0 Å². The molecule has 4 heteroatoms. The third-order valence-corrected chi connectivity index (χ3v) is 11.2. The van der Waals surface area contributed by atoms with Crippen molar-refractivity contribution in [3.8, 4) is 67.3 Å². The molecule has 0 spiro atoms. The predicted octanol–water partition coefficient (Wildman–Crippen LogP) is 13.9. The molecule has 0 radical (unpaired) electrons. The van der Waals surface area contributed by atoms with Gasteiger partial charge in [0.2, 0.25) is 0 Å². The van der Waals surface area contributed by atoms with Gasteiger partial charge in [0.15, 0.2) is 5.82 Å². The number of benzene rings is 8. The molecular formula is C54H34N4. The fourth-order valence-electron chi connectivity index (χ4n) is 8.47. The number of nitrogens with zero attached hydrogens (tertiary/aromatic N) is 4. The standard InChI is InChI=1S/C54H34N4/c1-2-12-38(13-3-1)50-44-18-4-6-20-46(44)51(47-21-7-5-19-45(47)50)49-34-48(37-28-24-35(25-29-37)42-22-8-14-39-16-10-32-55-52(39)42)57-54(58-49)41-30-26-36(27-31-41)43-23-9-15-40-17-11-33-56-53(40)43/h1-34H. The van der Waals surface area contributed by atoms with Crippen molar-refractivity contribution < 1.29 is 0 Å². The first-order chi connectivity index (χ1) is 28.8. The van der Waals surface area contributed by atoms with E-state index in [1.165, 1.54) is 21.9 Å². The van der Waals surface area contributed by atoms with Gasteiger partial charge in [-0.2, -0.15) is 0 Å². The van der Waals surface area contributed by atoms with E-state index in [0.29, 0.717) is 5.82 Å². The first kappa shape index (κ1) is 33.5. The van der Waals surface area contributed by atoms with Crippen LogP contribution in [0.15, 0.2) is 207 Å². The molecule has 0 saturated carbocycles. The van der Waals surface area contributed by atoms with Gasteiger partial charge in [0.1, 0.15) is 0 Å². The minimum atomic E-state index is 0.665. The summed E-state index contributed by atoms with van der Waals surface area (Å²) in [5.74, 6) is 0.665. The van der Waals surface area contributed by atoms with Gasteiger partial charge in [-0.25, -0.2) is 9.97 Å². The van der Waals surface area contributed by atoms with Crippen molar-refractivity contribution in [1.82, 2.24) is 19.9 Å². The molecule has 11 rings (SSSR count). The SMILES string of the molecule is c1ccc(-c2c3ccccc3c(-c3cc(-c4ccc(-c5cccc6cccnc56)cc4)nc(-c4ccc(-c5cccc6cccnc56)cc4)n3)c3ccccc23)cc1. The summed E-state index contributed by atoms with van der Waals surface area (Å²) in [7, 11) is 0. The molecule has 4 nitrogen and oxygen atoms in total.